The van der Waals surface area contributed by atoms with Crippen molar-refractivity contribution in [1.82, 2.24) is 25.8 Å². The van der Waals surface area contributed by atoms with Crippen molar-refractivity contribution in [3.8, 4) is 22.5 Å². The molecule has 0 aliphatic heterocycles. The van der Waals surface area contributed by atoms with Crippen LogP contribution in [0.5, 0.6) is 0 Å². The monoisotopic (exact) mass is 421 g/mol. The minimum absolute atomic E-state index is 0.00961. The summed E-state index contributed by atoms with van der Waals surface area (Å²) in [6, 6.07) is 18.9. The molecule has 30 heavy (non-hydrogen) atoms. The second-order valence-electron chi connectivity index (χ2n) is 6.96. The lowest BCUT2D eigenvalue weighted by atomic mass is 10.0. The van der Waals surface area contributed by atoms with Gasteiger partial charge in [0, 0.05) is 17.7 Å². The molecule has 0 atom stereocenters. The van der Waals surface area contributed by atoms with E-state index in [1.54, 1.807) is 0 Å². The SMILES string of the molecule is CC(C)CNC(=O)NC(=O)CSc1nnc(-c2ccccc2)c(-c2ccccc2)n1. The summed E-state index contributed by atoms with van der Waals surface area (Å²) in [6.45, 7) is 4.46. The average Bonchev–Trinajstić information content (AvgIpc) is 2.77. The molecule has 0 saturated heterocycles. The van der Waals surface area contributed by atoms with Gasteiger partial charge in [-0.1, -0.05) is 86.3 Å². The third kappa shape index (κ3) is 6.12. The molecule has 0 unspecified atom stereocenters. The molecule has 8 heteroatoms. The molecular weight excluding hydrogens is 398 g/mol. The zero-order valence-corrected chi connectivity index (χ0v) is 17.6. The van der Waals surface area contributed by atoms with Gasteiger partial charge in [0.15, 0.2) is 0 Å². The van der Waals surface area contributed by atoms with E-state index >= 15 is 0 Å². The van der Waals surface area contributed by atoms with Crippen molar-refractivity contribution >= 4 is 23.7 Å². The van der Waals surface area contributed by atoms with Gasteiger partial charge in [0.05, 0.1) is 5.75 Å². The smallest absolute Gasteiger partial charge is 0.321 e. The Morgan fingerprint density at radius 1 is 0.900 bits per heavy atom. The molecule has 7 nitrogen and oxygen atoms in total. The number of carbonyl (C=O) groups excluding carboxylic acids is 2. The van der Waals surface area contributed by atoms with Crippen molar-refractivity contribution in [3.05, 3.63) is 60.7 Å². The van der Waals surface area contributed by atoms with Crippen molar-refractivity contribution in [2.24, 2.45) is 5.92 Å². The number of nitrogens with zero attached hydrogens (tertiary/aromatic N) is 3. The number of imide groups is 1. The lowest BCUT2D eigenvalue weighted by molar-refractivity contribution is -0.117. The van der Waals surface area contributed by atoms with E-state index in [1.807, 2.05) is 74.5 Å². The Morgan fingerprint density at radius 3 is 2.10 bits per heavy atom. The van der Waals surface area contributed by atoms with E-state index in [4.69, 9.17) is 0 Å². The lowest BCUT2D eigenvalue weighted by Crippen LogP contribution is -2.41. The second-order valence-corrected chi connectivity index (χ2v) is 7.91. The van der Waals surface area contributed by atoms with Crippen LogP contribution >= 0.6 is 11.8 Å². The number of nitrogens with one attached hydrogen (secondary N) is 2. The molecule has 0 bridgehead atoms. The van der Waals surface area contributed by atoms with Crippen LogP contribution in [0.15, 0.2) is 65.8 Å². The van der Waals surface area contributed by atoms with Gasteiger partial charge in [-0.05, 0) is 5.92 Å². The lowest BCUT2D eigenvalue weighted by Gasteiger charge is -2.10. The molecule has 0 radical (unpaired) electrons. The molecule has 1 heterocycles. The fraction of sp³-hybridized carbons (Fsp3) is 0.227. The van der Waals surface area contributed by atoms with Gasteiger partial charge in [-0.25, -0.2) is 9.78 Å². The molecular formula is C22H23N5O2S. The molecule has 0 aliphatic rings. The normalized spacial score (nSPS) is 10.6. The van der Waals surface area contributed by atoms with Crippen molar-refractivity contribution < 1.29 is 9.59 Å². The number of hydrogen-bond donors (Lipinski definition) is 2. The third-order valence-corrected chi connectivity index (χ3v) is 4.86. The largest absolute Gasteiger partial charge is 0.338 e. The summed E-state index contributed by atoms with van der Waals surface area (Å²) in [7, 11) is 0. The van der Waals surface area contributed by atoms with Crippen molar-refractivity contribution in [1.29, 1.82) is 0 Å². The highest BCUT2D eigenvalue weighted by Gasteiger charge is 2.15. The van der Waals surface area contributed by atoms with Crippen molar-refractivity contribution in [2.75, 3.05) is 12.3 Å². The maximum Gasteiger partial charge on any atom is 0.321 e. The zero-order valence-electron chi connectivity index (χ0n) is 16.8. The molecule has 1 aromatic heterocycles. The van der Waals surface area contributed by atoms with Crippen LogP contribution in [-0.4, -0.2) is 39.4 Å². The molecule has 3 rings (SSSR count). The number of aromatic nitrogens is 3. The number of thioether (sulfide) groups is 1. The maximum atomic E-state index is 12.0. The summed E-state index contributed by atoms with van der Waals surface area (Å²) in [5.41, 5.74) is 3.18. The first-order valence-corrected chi connectivity index (χ1v) is 10.6. The van der Waals surface area contributed by atoms with Crippen LogP contribution < -0.4 is 10.6 Å². The topological polar surface area (TPSA) is 96.9 Å². The minimum atomic E-state index is -0.502. The van der Waals surface area contributed by atoms with Gasteiger partial charge >= 0.3 is 6.03 Å². The maximum absolute atomic E-state index is 12.0. The van der Waals surface area contributed by atoms with E-state index in [2.05, 4.69) is 25.8 Å². The van der Waals surface area contributed by atoms with Crippen LogP contribution in [0, 0.1) is 5.92 Å². The molecule has 2 aromatic carbocycles. The fourth-order valence-corrected chi connectivity index (χ4v) is 3.18. The van der Waals surface area contributed by atoms with Crippen LogP contribution in [-0.2, 0) is 4.79 Å². The standard InChI is InChI=1S/C22H23N5O2S/c1-15(2)13-23-21(29)24-18(28)14-30-22-25-19(16-9-5-3-6-10-16)20(26-27-22)17-11-7-4-8-12-17/h3-12,15H,13-14H2,1-2H3,(H2,23,24,28,29). The number of urea groups is 1. The molecule has 0 saturated carbocycles. The number of amides is 3. The summed E-state index contributed by atoms with van der Waals surface area (Å²) in [5.74, 6) is -0.104. The second kappa shape index (κ2) is 10.5. The Balaban J connectivity index is 1.74. The van der Waals surface area contributed by atoms with Gasteiger partial charge in [0.25, 0.3) is 0 Å². The van der Waals surface area contributed by atoms with Crippen LogP contribution in [0.1, 0.15) is 13.8 Å². The Hall–Kier alpha value is -3.26. The van der Waals surface area contributed by atoms with Gasteiger partial charge in [-0.15, -0.1) is 10.2 Å². The minimum Gasteiger partial charge on any atom is -0.338 e. The van der Waals surface area contributed by atoms with E-state index in [0.29, 0.717) is 29.0 Å². The van der Waals surface area contributed by atoms with Crippen LogP contribution in [0.3, 0.4) is 0 Å². The van der Waals surface area contributed by atoms with Crippen molar-refractivity contribution in [3.63, 3.8) is 0 Å². The Morgan fingerprint density at radius 2 is 1.50 bits per heavy atom. The predicted octanol–water partition coefficient (Wildman–Crippen LogP) is 3.78. The van der Waals surface area contributed by atoms with E-state index in [0.717, 1.165) is 22.9 Å². The van der Waals surface area contributed by atoms with Gasteiger partial charge < -0.3 is 5.32 Å². The third-order valence-electron chi connectivity index (χ3n) is 4.02. The number of carbonyl (C=O) groups is 2. The molecule has 3 aromatic rings. The summed E-state index contributed by atoms with van der Waals surface area (Å²) in [4.78, 5) is 28.4. The summed E-state index contributed by atoms with van der Waals surface area (Å²) < 4.78 is 0. The first-order valence-electron chi connectivity index (χ1n) is 9.59. The van der Waals surface area contributed by atoms with E-state index in [1.165, 1.54) is 0 Å². The fourth-order valence-electron chi connectivity index (χ4n) is 2.59. The highest BCUT2D eigenvalue weighted by molar-refractivity contribution is 7.99. The van der Waals surface area contributed by atoms with Crippen LogP contribution in [0.25, 0.3) is 22.5 Å². The highest BCUT2D eigenvalue weighted by Crippen LogP contribution is 2.29. The number of hydrogen-bond acceptors (Lipinski definition) is 6. The van der Waals surface area contributed by atoms with Crippen molar-refractivity contribution in [2.45, 2.75) is 19.0 Å². The summed E-state index contributed by atoms with van der Waals surface area (Å²) in [5, 5.41) is 13.9. The predicted molar refractivity (Wildman–Crippen MR) is 118 cm³/mol. The van der Waals surface area contributed by atoms with E-state index in [9.17, 15) is 9.59 Å². The van der Waals surface area contributed by atoms with Crippen LogP contribution in [0.4, 0.5) is 4.79 Å². The van der Waals surface area contributed by atoms with E-state index in [-0.39, 0.29) is 5.75 Å². The van der Waals surface area contributed by atoms with Gasteiger partial charge in [0.1, 0.15) is 11.4 Å². The summed E-state index contributed by atoms with van der Waals surface area (Å²) >= 11 is 1.13. The molecule has 154 valence electrons. The summed E-state index contributed by atoms with van der Waals surface area (Å²) in [6.07, 6.45) is 0. The highest BCUT2D eigenvalue weighted by atomic mass is 32.2. The average molecular weight is 422 g/mol. The molecule has 2 N–H and O–H groups in total. The quantitative estimate of drug-likeness (QED) is 0.564. The zero-order chi connectivity index (χ0) is 21.3. The van der Waals surface area contributed by atoms with Gasteiger partial charge in [-0.2, -0.15) is 0 Å². The molecule has 0 aliphatic carbocycles. The Labute approximate surface area is 179 Å². The Kier molecular flexibility index (Phi) is 7.51. The molecule has 3 amide bonds. The number of rotatable bonds is 7. The molecule has 0 spiro atoms. The van der Waals surface area contributed by atoms with Gasteiger partial charge in [-0.3, -0.25) is 10.1 Å². The van der Waals surface area contributed by atoms with Crippen LogP contribution in [0.2, 0.25) is 0 Å². The first-order chi connectivity index (χ1) is 14.5. The number of benzene rings is 2. The molecule has 0 fully saturated rings. The first kappa shape index (κ1) is 21.4. The Bertz CT molecular complexity index is 997. The van der Waals surface area contributed by atoms with Gasteiger partial charge in [0.2, 0.25) is 11.1 Å². The van der Waals surface area contributed by atoms with E-state index < -0.39 is 11.9 Å².